The fourth-order valence-electron chi connectivity index (χ4n) is 5.13. The van der Waals surface area contributed by atoms with Crippen LogP contribution in [0, 0.1) is 0 Å². The van der Waals surface area contributed by atoms with Crippen LogP contribution in [0.3, 0.4) is 0 Å². The minimum atomic E-state index is 0.620. The second kappa shape index (κ2) is 8.33. The Hall–Kier alpha value is -4.87. The number of furan rings is 1. The maximum absolute atomic E-state index is 6.17. The van der Waals surface area contributed by atoms with E-state index in [-0.39, 0.29) is 0 Å². The highest BCUT2D eigenvalue weighted by Crippen LogP contribution is 2.39. The fraction of sp³-hybridized carbons (Fsp3) is 0. The van der Waals surface area contributed by atoms with E-state index >= 15 is 0 Å². The highest BCUT2D eigenvalue weighted by molar-refractivity contribution is 7.26. The van der Waals surface area contributed by atoms with Gasteiger partial charge in [0.15, 0.2) is 17.5 Å². The number of nitrogens with zero attached hydrogens (tertiary/aromatic N) is 3. The van der Waals surface area contributed by atoms with Crippen molar-refractivity contribution in [1.82, 2.24) is 15.0 Å². The van der Waals surface area contributed by atoms with Crippen LogP contribution in [0.1, 0.15) is 0 Å². The molecule has 0 saturated heterocycles. The van der Waals surface area contributed by atoms with E-state index in [1.54, 1.807) is 11.3 Å². The molecule has 0 amide bonds. The van der Waals surface area contributed by atoms with Crippen LogP contribution in [0.2, 0.25) is 0 Å². The van der Waals surface area contributed by atoms with E-state index < -0.39 is 0 Å². The zero-order chi connectivity index (χ0) is 25.1. The molecule has 0 atom stereocenters. The van der Waals surface area contributed by atoms with Gasteiger partial charge < -0.3 is 4.42 Å². The molecule has 3 heterocycles. The summed E-state index contributed by atoms with van der Waals surface area (Å²) in [5.41, 5.74) is 4.54. The lowest BCUT2D eigenvalue weighted by molar-refractivity contribution is 0.669. The van der Waals surface area contributed by atoms with Gasteiger partial charge in [0.2, 0.25) is 0 Å². The number of hydrogen-bond acceptors (Lipinski definition) is 5. The van der Waals surface area contributed by atoms with Gasteiger partial charge in [-0.05, 0) is 30.3 Å². The van der Waals surface area contributed by atoms with Gasteiger partial charge in [0.25, 0.3) is 0 Å². The molecular weight excluding hydrogens is 486 g/mol. The molecule has 8 aromatic rings. The largest absolute Gasteiger partial charge is 0.456 e. The number of rotatable bonds is 3. The summed E-state index contributed by atoms with van der Waals surface area (Å²) in [7, 11) is 0. The number of para-hydroxylation sites is 1. The molecule has 0 N–H and O–H groups in total. The van der Waals surface area contributed by atoms with Gasteiger partial charge in [0.05, 0.1) is 0 Å². The monoisotopic (exact) mass is 505 g/mol. The average Bonchev–Trinajstić information content (AvgIpc) is 3.55. The lowest BCUT2D eigenvalue weighted by Crippen LogP contribution is -2.00. The average molecular weight is 506 g/mol. The number of aromatic nitrogens is 3. The van der Waals surface area contributed by atoms with Crippen molar-refractivity contribution >= 4 is 53.4 Å². The number of benzene rings is 5. The lowest BCUT2D eigenvalue weighted by atomic mass is 10.1. The van der Waals surface area contributed by atoms with Gasteiger partial charge in [-0.2, -0.15) is 0 Å². The Bertz CT molecular complexity index is 2140. The lowest BCUT2D eigenvalue weighted by Gasteiger charge is -2.09. The van der Waals surface area contributed by atoms with Crippen molar-refractivity contribution in [3.8, 4) is 34.2 Å². The van der Waals surface area contributed by atoms with Crippen LogP contribution >= 0.6 is 11.3 Å². The van der Waals surface area contributed by atoms with E-state index in [2.05, 4.69) is 60.7 Å². The summed E-state index contributed by atoms with van der Waals surface area (Å²) in [6.07, 6.45) is 0. The Balaban J connectivity index is 1.37. The van der Waals surface area contributed by atoms with E-state index in [0.29, 0.717) is 17.5 Å². The molecule has 0 radical (unpaired) electrons. The smallest absolute Gasteiger partial charge is 0.165 e. The number of fused-ring (bicyclic) bond motifs is 6. The van der Waals surface area contributed by atoms with E-state index in [1.165, 1.54) is 20.2 Å². The number of thiophene rings is 1. The summed E-state index contributed by atoms with van der Waals surface area (Å²) >= 11 is 1.78. The first kappa shape index (κ1) is 21.2. The zero-order valence-electron chi connectivity index (χ0n) is 20.1. The van der Waals surface area contributed by atoms with Gasteiger partial charge in [-0.1, -0.05) is 84.9 Å². The SMILES string of the molecule is c1ccc(-c2nc(-c3ccc4c(c3)oc3ccccc34)nc(-c3cccc4c3sc3ccccc34)n2)cc1. The third-order valence-corrected chi connectivity index (χ3v) is 8.17. The van der Waals surface area contributed by atoms with Crippen LogP contribution in [-0.2, 0) is 0 Å². The van der Waals surface area contributed by atoms with Gasteiger partial charge in [0, 0.05) is 47.6 Å². The van der Waals surface area contributed by atoms with Gasteiger partial charge >= 0.3 is 0 Å². The molecule has 178 valence electrons. The third kappa shape index (κ3) is 3.33. The highest BCUT2D eigenvalue weighted by atomic mass is 32.1. The van der Waals surface area contributed by atoms with E-state index in [1.807, 2.05) is 54.6 Å². The predicted octanol–water partition coefficient (Wildman–Crippen LogP) is 9.14. The van der Waals surface area contributed by atoms with Crippen molar-refractivity contribution < 1.29 is 4.42 Å². The summed E-state index contributed by atoms with van der Waals surface area (Å²) in [6.45, 7) is 0. The number of hydrogen-bond donors (Lipinski definition) is 0. The second-order valence-electron chi connectivity index (χ2n) is 9.26. The molecule has 0 aliphatic carbocycles. The van der Waals surface area contributed by atoms with Crippen molar-refractivity contribution in [2.45, 2.75) is 0 Å². The summed E-state index contributed by atoms with van der Waals surface area (Å²) in [5, 5.41) is 4.65. The molecule has 4 nitrogen and oxygen atoms in total. The molecule has 0 aliphatic rings. The Morgan fingerprint density at radius 3 is 2.05 bits per heavy atom. The molecule has 0 spiro atoms. The van der Waals surface area contributed by atoms with Gasteiger partial charge in [0.1, 0.15) is 11.2 Å². The minimum absolute atomic E-state index is 0.620. The second-order valence-corrected chi connectivity index (χ2v) is 10.3. The van der Waals surface area contributed by atoms with Gasteiger partial charge in [-0.15, -0.1) is 11.3 Å². The van der Waals surface area contributed by atoms with E-state index in [0.717, 1.165) is 38.6 Å². The standard InChI is InChI=1S/C33H19N3OS/c1-2-9-20(10-3-1)31-34-32(21-17-18-23-22-11-4-6-15-27(22)37-28(23)19-21)36-33(35-31)26-14-8-13-25-24-12-5-7-16-29(24)38-30(25)26/h1-19H. The van der Waals surface area contributed by atoms with Crippen LogP contribution in [0.5, 0.6) is 0 Å². The molecule has 0 unspecified atom stereocenters. The zero-order valence-corrected chi connectivity index (χ0v) is 20.9. The molecule has 5 aromatic carbocycles. The molecule has 0 fully saturated rings. The van der Waals surface area contributed by atoms with Crippen LogP contribution in [0.4, 0.5) is 0 Å². The van der Waals surface area contributed by atoms with Crippen LogP contribution in [0.25, 0.3) is 76.3 Å². The minimum Gasteiger partial charge on any atom is -0.456 e. The van der Waals surface area contributed by atoms with E-state index in [4.69, 9.17) is 19.4 Å². The maximum Gasteiger partial charge on any atom is 0.165 e. The fourth-order valence-corrected chi connectivity index (χ4v) is 6.34. The Morgan fingerprint density at radius 2 is 1.16 bits per heavy atom. The Kier molecular flexibility index (Phi) is 4.66. The van der Waals surface area contributed by atoms with Crippen LogP contribution in [-0.4, -0.2) is 15.0 Å². The van der Waals surface area contributed by atoms with E-state index in [9.17, 15) is 0 Å². The quantitative estimate of drug-likeness (QED) is 0.240. The third-order valence-electron chi connectivity index (χ3n) is 6.95. The molecule has 0 bridgehead atoms. The highest BCUT2D eigenvalue weighted by Gasteiger charge is 2.17. The summed E-state index contributed by atoms with van der Waals surface area (Å²) in [6, 6.07) is 39.2. The molecular formula is C33H19N3OS. The molecule has 0 aliphatic heterocycles. The summed E-state index contributed by atoms with van der Waals surface area (Å²) in [5.74, 6) is 1.93. The summed E-state index contributed by atoms with van der Waals surface area (Å²) in [4.78, 5) is 14.9. The van der Waals surface area contributed by atoms with Gasteiger partial charge in [-0.25, -0.2) is 15.0 Å². The van der Waals surface area contributed by atoms with Crippen molar-refractivity contribution in [3.05, 3.63) is 115 Å². The van der Waals surface area contributed by atoms with Gasteiger partial charge in [-0.3, -0.25) is 0 Å². The normalized spacial score (nSPS) is 11.7. The first-order chi connectivity index (χ1) is 18.8. The first-order valence-corrected chi connectivity index (χ1v) is 13.3. The van der Waals surface area contributed by atoms with Crippen LogP contribution in [0.15, 0.2) is 120 Å². The Labute approximate surface area is 221 Å². The molecule has 8 rings (SSSR count). The summed E-state index contributed by atoms with van der Waals surface area (Å²) < 4.78 is 8.60. The topological polar surface area (TPSA) is 51.8 Å². The predicted molar refractivity (Wildman–Crippen MR) is 156 cm³/mol. The van der Waals surface area contributed by atoms with Crippen molar-refractivity contribution in [2.24, 2.45) is 0 Å². The van der Waals surface area contributed by atoms with Crippen molar-refractivity contribution in [3.63, 3.8) is 0 Å². The molecule has 5 heteroatoms. The van der Waals surface area contributed by atoms with Crippen molar-refractivity contribution in [2.75, 3.05) is 0 Å². The van der Waals surface area contributed by atoms with Crippen LogP contribution < -0.4 is 0 Å². The molecule has 3 aromatic heterocycles. The first-order valence-electron chi connectivity index (χ1n) is 12.5. The molecule has 38 heavy (non-hydrogen) atoms. The van der Waals surface area contributed by atoms with Crippen molar-refractivity contribution in [1.29, 1.82) is 0 Å². The molecule has 0 saturated carbocycles. The Morgan fingerprint density at radius 1 is 0.474 bits per heavy atom. The maximum atomic E-state index is 6.17.